The molecule has 0 bridgehead atoms. The highest BCUT2D eigenvalue weighted by atomic mass is 32.2. The number of ether oxygens (including phenoxy) is 1. The Kier molecular flexibility index (Phi) is 3.59. The van der Waals surface area contributed by atoms with Crippen LogP contribution in [0.15, 0.2) is 39.9 Å². The van der Waals surface area contributed by atoms with E-state index in [2.05, 4.69) is 0 Å². The molecule has 2 aromatic rings. The fourth-order valence-corrected chi connectivity index (χ4v) is 5.26. The number of fused-ring (bicyclic) bond motifs is 1. The summed E-state index contributed by atoms with van der Waals surface area (Å²) in [7, 11) is -3.21. The van der Waals surface area contributed by atoms with Crippen LogP contribution in [0.3, 0.4) is 0 Å². The number of aryl methyl sites for hydroxylation is 1. The summed E-state index contributed by atoms with van der Waals surface area (Å²) < 4.78 is 29.7. The van der Waals surface area contributed by atoms with E-state index in [1.165, 1.54) is 11.3 Å². The number of thiophene rings is 1. The predicted octanol–water partition coefficient (Wildman–Crippen LogP) is 3.13. The summed E-state index contributed by atoms with van der Waals surface area (Å²) in [6.07, 6.45) is -0.174. The van der Waals surface area contributed by atoms with E-state index in [0.717, 1.165) is 5.56 Å². The summed E-state index contributed by atoms with van der Waals surface area (Å²) in [5, 5.41) is 1.72. The van der Waals surface area contributed by atoms with Crippen molar-refractivity contribution in [3.05, 3.63) is 52.4 Å². The zero-order valence-corrected chi connectivity index (χ0v) is 13.0. The first kappa shape index (κ1) is 14.3. The van der Waals surface area contributed by atoms with Gasteiger partial charge < -0.3 is 4.74 Å². The molecule has 1 atom stereocenters. The first-order valence-corrected chi connectivity index (χ1v) is 9.08. The van der Waals surface area contributed by atoms with Crippen molar-refractivity contribution in [1.29, 1.82) is 0 Å². The van der Waals surface area contributed by atoms with Gasteiger partial charge in [0.2, 0.25) is 0 Å². The van der Waals surface area contributed by atoms with Crippen molar-refractivity contribution in [1.82, 2.24) is 0 Å². The lowest BCUT2D eigenvalue weighted by molar-refractivity contribution is 0.0280. The highest BCUT2D eigenvalue weighted by Gasteiger charge is 2.33. The second-order valence-electron chi connectivity index (χ2n) is 5.03. The van der Waals surface area contributed by atoms with Gasteiger partial charge in [-0.05, 0) is 30.5 Å². The highest BCUT2D eigenvalue weighted by Crippen LogP contribution is 2.38. The van der Waals surface area contributed by atoms with Gasteiger partial charge >= 0.3 is 5.97 Å². The van der Waals surface area contributed by atoms with Gasteiger partial charge in [0, 0.05) is 12.0 Å². The predicted molar refractivity (Wildman–Crippen MR) is 80.3 cm³/mol. The number of hydrogen-bond acceptors (Lipinski definition) is 5. The van der Waals surface area contributed by atoms with Crippen molar-refractivity contribution < 1.29 is 17.9 Å². The Hall–Kier alpha value is -1.66. The number of carbonyl (C=O) groups is 1. The van der Waals surface area contributed by atoms with E-state index >= 15 is 0 Å². The van der Waals surface area contributed by atoms with Crippen LogP contribution in [0.1, 0.15) is 34.0 Å². The van der Waals surface area contributed by atoms with Crippen molar-refractivity contribution in [3.8, 4) is 0 Å². The molecule has 6 heteroatoms. The van der Waals surface area contributed by atoms with Gasteiger partial charge in [0.1, 0.15) is 10.3 Å². The zero-order valence-electron chi connectivity index (χ0n) is 11.4. The minimum atomic E-state index is -3.21. The van der Waals surface area contributed by atoms with Gasteiger partial charge in [-0.25, -0.2) is 13.2 Å². The maximum Gasteiger partial charge on any atom is 0.338 e. The molecule has 3 rings (SSSR count). The van der Waals surface area contributed by atoms with Gasteiger partial charge in [0.25, 0.3) is 0 Å². The summed E-state index contributed by atoms with van der Waals surface area (Å²) in [5.74, 6) is -0.400. The lowest BCUT2D eigenvalue weighted by Crippen LogP contribution is -2.22. The van der Waals surface area contributed by atoms with Gasteiger partial charge in [0.15, 0.2) is 9.84 Å². The normalized spacial score (nSPS) is 19.8. The standard InChI is InChI=1S/C15H14O4S2/c1-10-2-4-11(5-3-10)14(16)19-13-7-9-21(17,18)15-12(13)6-8-20-15/h2-6,8,13H,7,9H2,1H3/t13-/m1/s1. The largest absolute Gasteiger partial charge is 0.454 e. The van der Waals surface area contributed by atoms with E-state index < -0.39 is 21.9 Å². The molecule has 21 heavy (non-hydrogen) atoms. The Balaban J connectivity index is 1.84. The van der Waals surface area contributed by atoms with Crippen LogP contribution in [-0.4, -0.2) is 20.1 Å². The Morgan fingerprint density at radius 1 is 1.24 bits per heavy atom. The lowest BCUT2D eigenvalue weighted by Gasteiger charge is -2.22. The molecule has 2 heterocycles. The zero-order chi connectivity index (χ0) is 15.0. The average Bonchev–Trinajstić information content (AvgIpc) is 2.94. The molecule has 1 aliphatic rings. The van der Waals surface area contributed by atoms with Gasteiger partial charge in [-0.1, -0.05) is 17.7 Å². The van der Waals surface area contributed by atoms with Crippen LogP contribution < -0.4 is 0 Å². The van der Waals surface area contributed by atoms with Gasteiger partial charge in [0.05, 0.1) is 11.3 Å². The molecule has 0 aliphatic carbocycles. The highest BCUT2D eigenvalue weighted by molar-refractivity contribution is 7.93. The van der Waals surface area contributed by atoms with Crippen molar-refractivity contribution in [2.24, 2.45) is 0 Å². The van der Waals surface area contributed by atoms with Crippen LogP contribution in [0.5, 0.6) is 0 Å². The summed E-state index contributed by atoms with van der Waals surface area (Å²) in [6.45, 7) is 1.94. The monoisotopic (exact) mass is 322 g/mol. The Morgan fingerprint density at radius 2 is 1.95 bits per heavy atom. The van der Waals surface area contributed by atoms with E-state index in [4.69, 9.17) is 4.74 Å². The van der Waals surface area contributed by atoms with Crippen LogP contribution in [0.4, 0.5) is 0 Å². The number of carbonyl (C=O) groups excluding carboxylic acids is 1. The third-order valence-corrected chi connectivity index (χ3v) is 6.82. The van der Waals surface area contributed by atoms with Gasteiger partial charge in [-0.3, -0.25) is 0 Å². The molecule has 0 spiro atoms. The van der Waals surface area contributed by atoms with Crippen molar-refractivity contribution in [3.63, 3.8) is 0 Å². The van der Waals surface area contributed by atoms with Crippen LogP contribution >= 0.6 is 11.3 Å². The van der Waals surface area contributed by atoms with Crippen LogP contribution in [0.2, 0.25) is 0 Å². The summed E-state index contributed by atoms with van der Waals surface area (Å²) in [6, 6.07) is 8.84. The quantitative estimate of drug-likeness (QED) is 0.797. The SMILES string of the molecule is Cc1ccc(C(=O)O[C@@H]2CCS(=O)(=O)c3sccc32)cc1. The number of rotatable bonds is 2. The first-order chi connectivity index (χ1) is 9.97. The fraction of sp³-hybridized carbons (Fsp3) is 0.267. The van der Waals surface area contributed by atoms with Crippen molar-refractivity contribution >= 4 is 27.1 Å². The molecule has 1 aromatic carbocycles. The van der Waals surface area contributed by atoms with E-state index in [1.54, 1.807) is 23.6 Å². The number of benzene rings is 1. The van der Waals surface area contributed by atoms with E-state index in [9.17, 15) is 13.2 Å². The molecular weight excluding hydrogens is 308 g/mol. The molecule has 110 valence electrons. The van der Waals surface area contributed by atoms with Crippen LogP contribution in [0, 0.1) is 6.92 Å². The minimum absolute atomic E-state index is 0.0202. The second-order valence-corrected chi connectivity index (χ2v) is 8.25. The van der Waals surface area contributed by atoms with Crippen molar-refractivity contribution in [2.45, 2.75) is 23.7 Å². The fourth-order valence-electron chi connectivity index (χ4n) is 2.32. The molecule has 0 unspecified atom stereocenters. The second kappa shape index (κ2) is 5.27. The molecule has 1 aromatic heterocycles. The molecule has 0 fully saturated rings. The van der Waals surface area contributed by atoms with E-state index in [-0.39, 0.29) is 5.75 Å². The smallest absolute Gasteiger partial charge is 0.338 e. The minimum Gasteiger partial charge on any atom is -0.454 e. The molecule has 0 radical (unpaired) electrons. The number of sulfone groups is 1. The average molecular weight is 322 g/mol. The summed E-state index contributed by atoms with van der Waals surface area (Å²) in [4.78, 5) is 12.1. The Morgan fingerprint density at radius 3 is 2.67 bits per heavy atom. The third kappa shape index (κ3) is 2.73. The molecule has 0 saturated carbocycles. The third-order valence-electron chi connectivity index (χ3n) is 3.47. The molecule has 0 N–H and O–H groups in total. The molecular formula is C15H14O4S2. The summed E-state index contributed by atoms with van der Waals surface area (Å²) in [5.41, 5.74) is 2.15. The molecule has 1 aliphatic heterocycles. The Labute approximate surface area is 127 Å². The molecule has 4 nitrogen and oxygen atoms in total. The van der Waals surface area contributed by atoms with Gasteiger partial charge in [-0.2, -0.15) is 0 Å². The van der Waals surface area contributed by atoms with E-state index in [1.807, 2.05) is 19.1 Å². The topological polar surface area (TPSA) is 60.4 Å². The maximum absolute atomic E-state index is 12.1. The first-order valence-electron chi connectivity index (χ1n) is 6.55. The lowest BCUT2D eigenvalue weighted by atomic mass is 10.1. The summed E-state index contributed by atoms with van der Waals surface area (Å²) >= 11 is 1.18. The number of esters is 1. The maximum atomic E-state index is 12.1. The Bertz CT molecular complexity index is 772. The molecule has 0 amide bonds. The van der Waals surface area contributed by atoms with Gasteiger partial charge in [-0.15, -0.1) is 11.3 Å². The van der Waals surface area contributed by atoms with Crippen LogP contribution in [-0.2, 0) is 14.6 Å². The van der Waals surface area contributed by atoms with Crippen molar-refractivity contribution in [2.75, 3.05) is 5.75 Å². The number of hydrogen-bond donors (Lipinski definition) is 0. The van der Waals surface area contributed by atoms with Crippen LogP contribution in [0.25, 0.3) is 0 Å². The molecule has 0 saturated heterocycles. The van der Waals surface area contributed by atoms with E-state index in [0.29, 0.717) is 21.8 Å².